The molecule has 2 heterocycles. The minimum absolute atomic E-state index is 0.272. The second-order valence-corrected chi connectivity index (χ2v) is 4.18. The quantitative estimate of drug-likeness (QED) is 0.680. The van der Waals surface area contributed by atoms with Crippen molar-refractivity contribution in [2.45, 2.75) is 12.2 Å². The lowest BCUT2D eigenvalue weighted by Gasteiger charge is -2.15. The van der Waals surface area contributed by atoms with Gasteiger partial charge in [0.05, 0.1) is 11.5 Å². The number of fused-ring (bicyclic) bond motifs is 1. The second kappa shape index (κ2) is 3.49. The van der Waals surface area contributed by atoms with E-state index >= 15 is 0 Å². The summed E-state index contributed by atoms with van der Waals surface area (Å²) < 4.78 is 0. The fourth-order valence-electron chi connectivity index (χ4n) is 1.49. The van der Waals surface area contributed by atoms with Crippen LogP contribution in [0.2, 0.25) is 0 Å². The molecule has 1 aromatic rings. The maximum atomic E-state index is 11.6. The van der Waals surface area contributed by atoms with Crippen molar-refractivity contribution >= 4 is 17.7 Å². The molecule has 2 rings (SSSR count). The van der Waals surface area contributed by atoms with E-state index < -0.39 is 11.4 Å². The molecule has 5 heteroatoms. The Kier molecular flexibility index (Phi) is 2.33. The van der Waals surface area contributed by atoms with Gasteiger partial charge in [0.15, 0.2) is 5.43 Å². The summed E-state index contributed by atoms with van der Waals surface area (Å²) in [6.45, 7) is 0. The summed E-state index contributed by atoms with van der Waals surface area (Å²) in [6.07, 6.45) is 2.02. The smallest absolute Gasteiger partial charge is 0.194 e. The Morgan fingerprint density at radius 2 is 2.36 bits per heavy atom. The number of rotatable bonds is 1. The zero-order valence-corrected chi connectivity index (χ0v) is 8.15. The molecular formula is C9H8NO3S-. The molecule has 0 aliphatic carbocycles. The Morgan fingerprint density at radius 1 is 1.57 bits per heavy atom. The molecule has 14 heavy (non-hydrogen) atoms. The molecule has 4 nitrogen and oxygen atoms in total. The van der Waals surface area contributed by atoms with Crippen molar-refractivity contribution in [1.29, 1.82) is 0 Å². The number of aryl methyl sites for hydroxylation is 1. The van der Waals surface area contributed by atoms with E-state index in [-0.39, 0.29) is 5.56 Å². The molecular weight excluding hydrogens is 202 g/mol. The van der Waals surface area contributed by atoms with Crippen LogP contribution >= 0.6 is 11.8 Å². The first-order valence-corrected chi connectivity index (χ1v) is 5.38. The Morgan fingerprint density at radius 3 is 3.07 bits per heavy atom. The molecule has 0 fully saturated rings. The van der Waals surface area contributed by atoms with E-state index in [1.807, 2.05) is 0 Å². The molecule has 74 valence electrons. The van der Waals surface area contributed by atoms with Gasteiger partial charge in [-0.3, -0.25) is 4.79 Å². The number of thioether (sulfide) groups is 1. The van der Waals surface area contributed by atoms with Gasteiger partial charge in [-0.2, -0.15) is 11.8 Å². The molecule has 1 aliphatic heterocycles. The van der Waals surface area contributed by atoms with E-state index in [9.17, 15) is 14.7 Å². The number of carboxylic acid groups (broad SMARTS) is 1. The standard InChI is InChI=1S/C9H9NO3S/c11-8-5(9(12)13)3-10-7-1-2-14-4-6(7)8/h3H,1-2,4H2,(H,10,11)(H,12,13)/p-1. The normalized spacial score (nSPS) is 14.9. The molecule has 0 radical (unpaired) electrons. The van der Waals surface area contributed by atoms with Crippen LogP contribution in [0.1, 0.15) is 21.6 Å². The van der Waals surface area contributed by atoms with Crippen molar-refractivity contribution < 1.29 is 9.90 Å². The molecule has 0 amide bonds. The van der Waals surface area contributed by atoms with Crippen LogP contribution in [-0.2, 0) is 12.2 Å². The predicted molar refractivity (Wildman–Crippen MR) is 51.3 cm³/mol. The lowest BCUT2D eigenvalue weighted by molar-refractivity contribution is -0.255. The number of carbonyl (C=O) groups is 1. The summed E-state index contributed by atoms with van der Waals surface area (Å²) in [4.78, 5) is 25.0. The maximum absolute atomic E-state index is 11.6. The molecule has 0 saturated heterocycles. The Hall–Kier alpha value is -1.23. The van der Waals surface area contributed by atoms with E-state index in [4.69, 9.17) is 0 Å². The number of aromatic nitrogens is 1. The van der Waals surface area contributed by atoms with Crippen LogP contribution in [0.25, 0.3) is 0 Å². The number of aromatic amines is 1. The van der Waals surface area contributed by atoms with Crippen LogP contribution in [-0.4, -0.2) is 16.7 Å². The van der Waals surface area contributed by atoms with Crippen molar-refractivity contribution in [3.63, 3.8) is 0 Å². The summed E-state index contributed by atoms with van der Waals surface area (Å²) in [5, 5.41) is 10.6. The number of nitrogens with one attached hydrogen (secondary N) is 1. The topological polar surface area (TPSA) is 73.0 Å². The zero-order valence-electron chi connectivity index (χ0n) is 7.33. The summed E-state index contributed by atoms with van der Waals surface area (Å²) in [7, 11) is 0. The first-order chi connectivity index (χ1) is 6.70. The van der Waals surface area contributed by atoms with Gasteiger partial charge in [0, 0.05) is 23.2 Å². The van der Waals surface area contributed by atoms with Crippen molar-refractivity contribution in [3.05, 3.63) is 33.2 Å². The average Bonchev–Trinajstić information content (AvgIpc) is 2.18. The lowest BCUT2D eigenvalue weighted by atomic mass is 10.1. The Balaban J connectivity index is 2.60. The van der Waals surface area contributed by atoms with Gasteiger partial charge in [-0.25, -0.2) is 0 Å². The first kappa shape index (κ1) is 9.33. The predicted octanol–water partition coefficient (Wildman–Crippen LogP) is -0.472. The number of carbonyl (C=O) groups excluding carboxylic acids is 1. The molecule has 1 aromatic heterocycles. The fraction of sp³-hybridized carbons (Fsp3) is 0.333. The SMILES string of the molecule is O=C([O-])c1c[nH]c2c(c1=O)CSCC2. The number of hydrogen-bond donors (Lipinski definition) is 1. The molecule has 0 unspecified atom stereocenters. The van der Waals surface area contributed by atoms with Crippen LogP contribution in [0.3, 0.4) is 0 Å². The van der Waals surface area contributed by atoms with Crippen molar-refractivity contribution in [1.82, 2.24) is 4.98 Å². The number of pyridine rings is 1. The lowest BCUT2D eigenvalue weighted by Crippen LogP contribution is -2.32. The largest absolute Gasteiger partial charge is 0.545 e. The third-order valence-corrected chi connectivity index (χ3v) is 3.22. The summed E-state index contributed by atoms with van der Waals surface area (Å²) in [6, 6.07) is 0. The Bertz CT molecular complexity index is 438. The molecule has 1 aliphatic rings. The first-order valence-electron chi connectivity index (χ1n) is 4.22. The van der Waals surface area contributed by atoms with E-state index in [1.165, 1.54) is 6.20 Å². The van der Waals surface area contributed by atoms with E-state index in [0.717, 1.165) is 17.9 Å². The molecule has 1 N–H and O–H groups in total. The van der Waals surface area contributed by atoms with Crippen molar-refractivity contribution in [2.24, 2.45) is 0 Å². The van der Waals surface area contributed by atoms with Crippen LogP contribution < -0.4 is 10.5 Å². The molecule has 0 spiro atoms. The second-order valence-electron chi connectivity index (χ2n) is 3.08. The van der Waals surface area contributed by atoms with Gasteiger partial charge in [-0.05, 0) is 12.2 Å². The highest BCUT2D eigenvalue weighted by Gasteiger charge is 2.15. The van der Waals surface area contributed by atoms with Crippen molar-refractivity contribution in [2.75, 3.05) is 5.75 Å². The number of aromatic carboxylic acids is 1. The van der Waals surface area contributed by atoms with Gasteiger partial charge in [0.25, 0.3) is 0 Å². The average molecular weight is 210 g/mol. The highest BCUT2D eigenvalue weighted by atomic mass is 32.2. The molecule has 0 aromatic carbocycles. The van der Waals surface area contributed by atoms with Gasteiger partial charge < -0.3 is 14.9 Å². The minimum Gasteiger partial charge on any atom is -0.545 e. The number of carboxylic acids is 1. The highest BCUT2D eigenvalue weighted by Crippen LogP contribution is 2.20. The zero-order chi connectivity index (χ0) is 10.1. The van der Waals surface area contributed by atoms with Crippen LogP contribution in [0.5, 0.6) is 0 Å². The van der Waals surface area contributed by atoms with Crippen molar-refractivity contribution in [3.8, 4) is 0 Å². The summed E-state index contributed by atoms with van der Waals surface area (Å²) in [5.41, 5.74) is 0.777. The van der Waals surface area contributed by atoms with Crippen LogP contribution in [0, 0.1) is 0 Å². The number of H-pyrrole nitrogens is 1. The fourth-order valence-corrected chi connectivity index (χ4v) is 2.49. The van der Waals surface area contributed by atoms with Gasteiger partial charge in [0.2, 0.25) is 0 Å². The third-order valence-electron chi connectivity index (χ3n) is 2.24. The monoisotopic (exact) mass is 210 g/mol. The number of hydrogen-bond acceptors (Lipinski definition) is 4. The maximum Gasteiger partial charge on any atom is 0.194 e. The van der Waals surface area contributed by atoms with E-state index in [1.54, 1.807) is 11.8 Å². The Labute approximate surface area is 84.3 Å². The van der Waals surface area contributed by atoms with Gasteiger partial charge in [0.1, 0.15) is 0 Å². The van der Waals surface area contributed by atoms with Crippen LogP contribution in [0.15, 0.2) is 11.0 Å². The van der Waals surface area contributed by atoms with E-state index in [0.29, 0.717) is 11.3 Å². The summed E-state index contributed by atoms with van der Waals surface area (Å²) in [5.74, 6) is 0.143. The van der Waals surface area contributed by atoms with Gasteiger partial charge >= 0.3 is 0 Å². The summed E-state index contributed by atoms with van der Waals surface area (Å²) >= 11 is 1.64. The van der Waals surface area contributed by atoms with Gasteiger partial charge in [-0.1, -0.05) is 0 Å². The minimum atomic E-state index is -1.41. The van der Waals surface area contributed by atoms with E-state index in [2.05, 4.69) is 4.98 Å². The molecule has 0 saturated carbocycles. The van der Waals surface area contributed by atoms with Gasteiger partial charge in [-0.15, -0.1) is 0 Å². The molecule has 0 atom stereocenters. The molecule has 0 bridgehead atoms. The third kappa shape index (κ3) is 1.43. The van der Waals surface area contributed by atoms with Crippen LogP contribution in [0.4, 0.5) is 0 Å². The highest BCUT2D eigenvalue weighted by molar-refractivity contribution is 7.98.